The van der Waals surface area contributed by atoms with Crippen LogP contribution < -0.4 is 5.32 Å². The molecule has 21 heavy (non-hydrogen) atoms. The molecular formula is C15H21FN2O2S. The highest BCUT2D eigenvalue weighted by Crippen LogP contribution is 2.38. The number of rotatable bonds is 6. The van der Waals surface area contributed by atoms with Gasteiger partial charge in [-0.3, -0.25) is 10.1 Å². The van der Waals surface area contributed by atoms with Crippen molar-refractivity contribution in [1.82, 2.24) is 5.32 Å². The van der Waals surface area contributed by atoms with E-state index in [-0.39, 0.29) is 4.75 Å². The predicted molar refractivity (Wildman–Crippen MR) is 84.1 cm³/mol. The summed E-state index contributed by atoms with van der Waals surface area (Å²) in [4.78, 5) is 9.88. The van der Waals surface area contributed by atoms with Crippen LogP contribution in [0.4, 0.5) is 10.1 Å². The van der Waals surface area contributed by atoms with Crippen molar-refractivity contribution in [2.45, 2.75) is 43.4 Å². The molecule has 0 saturated heterocycles. The van der Waals surface area contributed by atoms with Gasteiger partial charge in [0.15, 0.2) is 0 Å². The van der Waals surface area contributed by atoms with Gasteiger partial charge >= 0.3 is 5.69 Å². The van der Waals surface area contributed by atoms with Gasteiger partial charge in [-0.2, -0.15) is 16.2 Å². The molecule has 0 aliphatic heterocycles. The van der Waals surface area contributed by atoms with E-state index in [0.717, 1.165) is 12.1 Å². The highest BCUT2D eigenvalue weighted by molar-refractivity contribution is 8.00. The molecule has 0 heterocycles. The van der Waals surface area contributed by atoms with Crippen molar-refractivity contribution in [3.8, 4) is 0 Å². The summed E-state index contributed by atoms with van der Waals surface area (Å²) in [6.07, 6.45) is 8.45. The lowest BCUT2D eigenvalue weighted by Crippen LogP contribution is -2.39. The third-order valence-corrected chi connectivity index (χ3v) is 5.60. The molecule has 116 valence electrons. The van der Waals surface area contributed by atoms with Gasteiger partial charge in [0.05, 0.1) is 4.92 Å². The summed E-state index contributed by atoms with van der Waals surface area (Å²) >= 11 is 1.91. The van der Waals surface area contributed by atoms with Gasteiger partial charge in [0.2, 0.25) is 5.82 Å². The first kappa shape index (κ1) is 16.2. The zero-order valence-electron chi connectivity index (χ0n) is 12.2. The van der Waals surface area contributed by atoms with E-state index in [9.17, 15) is 14.5 Å². The Balaban J connectivity index is 1.91. The fourth-order valence-electron chi connectivity index (χ4n) is 2.89. The minimum Gasteiger partial charge on any atom is -0.311 e. The highest BCUT2D eigenvalue weighted by Gasteiger charge is 2.30. The molecule has 0 spiro atoms. The molecule has 1 N–H and O–H groups in total. The number of thioether (sulfide) groups is 1. The molecule has 4 nitrogen and oxygen atoms in total. The quantitative estimate of drug-likeness (QED) is 0.639. The van der Waals surface area contributed by atoms with E-state index >= 15 is 0 Å². The number of halogens is 1. The Morgan fingerprint density at radius 1 is 1.38 bits per heavy atom. The van der Waals surface area contributed by atoms with Gasteiger partial charge in [0.1, 0.15) is 0 Å². The number of hydrogen-bond donors (Lipinski definition) is 1. The SMILES string of the molecule is CSC1(CNCc2ccc([N+](=O)[O-])c(F)c2)CCCCC1. The molecule has 0 unspecified atom stereocenters. The van der Waals surface area contributed by atoms with E-state index < -0.39 is 16.4 Å². The summed E-state index contributed by atoms with van der Waals surface area (Å²) in [5, 5.41) is 14.0. The van der Waals surface area contributed by atoms with Crippen molar-refractivity contribution in [2.24, 2.45) is 0 Å². The molecule has 0 amide bonds. The maximum Gasteiger partial charge on any atom is 0.304 e. The van der Waals surface area contributed by atoms with E-state index in [1.165, 1.54) is 44.2 Å². The van der Waals surface area contributed by atoms with Gasteiger partial charge in [-0.25, -0.2) is 0 Å². The van der Waals surface area contributed by atoms with Crippen LogP contribution in [0.2, 0.25) is 0 Å². The van der Waals surface area contributed by atoms with Crippen molar-refractivity contribution in [3.05, 3.63) is 39.7 Å². The first-order valence-corrected chi connectivity index (χ1v) is 8.47. The topological polar surface area (TPSA) is 55.2 Å². The van der Waals surface area contributed by atoms with Crippen LogP contribution in [0, 0.1) is 15.9 Å². The van der Waals surface area contributed by atoms with Gasteiger partial charge in [0, 0.05) is 23.9 Å². The zero-order chi connectivity index (χ0) is 15.3. The predicted octanol–water partition coefficient (Wildman–Crippen LogP) is 3.89. The zero-order valence-corrected chi connectivity index (χ0v) is 13.0. The summed E-state index contributed by atoms with van der Waals surface area (Å²) in [5.41, 5.74) is 0.275. The van der Waals surface area contributed by atoms with E-state index in [4.69, 9.17) is 0 Å². The number of benzene rings is 1. The van der Waals surface area contributed by atoms with E-state index in [2.05, 4.69) is 11.6 Å². The molecule has 6 heteroatoms. The first-order chi connectivity index (χ1) is 10.1. The minimum absolute atomic E-state index is 0.289. The second-order valence-corrected chi connectivity index (χ2v) is 6.87. The number of nitrogens with zero attached hydrogens (tertiary/aromatic N) is 1. The lowest BCUT2D eigenvalue weighted by Gasteiger charge is -2.36. The van der Waals surface area contributed by atoms with E-state index in [1.807, 2.05) is 11.8 Å². The van der Waals surface area contributed by atoms with Crippen molar-refractivity contribution in [2.75, 3.05) is 12.8 Å². The van der Waals surface area contributed by atoms with Crippen molar-refractivity contribution in [3.63, 3.8) is 0 Å². The highest BCUT2D eigenvalue weighted by atomic mass is 32.2. The smallest absolute Gasteiger partial charge is 0.304 e. The molecule has 0 atom stereocenters. The molecule has 0 bridgehead atoms. The molecular weight excluding hydrogens is 291 g/mol. The summed E-state index contributed by atoms with van der Waals surface area (Å²) < 4.78 is 13.8. The van der Waals surface area contributed by atoms with Crippen molar-refractivity contribution >= 4 is 17.4 Å². The summed E-state index contributed by atoms with van der Waals surface area (Å²) in [5.74, 6) is -0.767. The van der Waals surface area contributed by atoms with Crippen LogP contribution in [0.3, 0.4) is 0 Å². The van der Waals surface area contributed by atoms with Crippen LogP contribution in [0.5, 0.6) is 0 Å². The number of nitro groups is 1. The largest absolute Gasteiger partial charge is 0.311 e. The van der Waals surface area contributed by atoms with Crippen LogP contribution >= 0.6 is 11.8 Å². The van der Waals surface area contributed by atoms with Crippen LogP contribution in [0.1, 0.15) is 37.7 Å². The minimum atomic E-state index is -0.767. The molecule has 1 aliphatic rings. The second kappa shape index (κ2) is 7.22. The average molecular weight is 312 g/mol. The second-order valence-electron chi connectivity index (χ2n) is 5.59. The van der Waals surface area contributed by atoms with Crippen molar-refractivity contribution in [1.29, 1.82) is 0 Å². The summed E-state index contributed by atoms with van der Waals surface area (Å²) in [7, 11) is 0. The van der Waals surface area contributed by atoms with Gasteiger partial charge in [-0.05, 0) is 30.7 Å². The van der Waals surface area contributed by atoms with Gasteiger partial charge in [0.25, 0.3) is 0 Å². The lowest BCUT2D eigenvalue weighted by molar-refractivity contribution is -0.387. The molecule has 0 radical (unpaired) electrons. The molecule has 1 aromatic rings. The Bertz CT molecular complexity index is 504. The standard InChI is InChI=1S/C15H21FN2O2S/c1-21-15(7-3-2-4-8-15)11-17-10-12-5-6-14(18(19)20)13(16)9-12/h5-6,9,17H,2-4,7-8,10-11H2,1H3. The van der Waals surface area contributed by atoms with Gasteiger partial charge < -0.3 is 5.32 Å². The van der Waals surface area contributed by atoms with Crippen molar-refractivity contribution < 1.29 is 9.31 Å². The average Bonchev–Trinajstić information content (AvgIpc) is 2.48. The maximum absolute atomic E-state index is 13.6. The summed E-state index contributed by atoms with van der Waals surface area (Å²) in [6.45, 7) is 1.43. The van der Waals surface area contributed by atoms with Gasteiger partial charge in [-0.15, -0.1) is 0 Å². The third-order valence-electron chi connectivity index (χ3n) is 4.18. The molecule has 0 aromatic heterocycles. The Morgan fingerprint density at radius 3 is 2.67 bits per heavy atom. The number of hydrogen-bond acceptors (Lipinski definition) is 4. The van der Waals surface area contributed by atoms with Crippen LogP contribution in [-0.2, 0) is 6.54 Å². The lowest BCUT2D eigenvalue weighted by atomic mass is 9.88. The fraction of sp³-hybridized carbons (Fsp3) is 0.600. The van der Waals surface area contributed by atoms with Crippen LogP contribution in [0.25, 0.3) is 0 Å². The molecule has 1 aromatic carbocycles. The monoisotopic (exact) mass is 312 g/mol. The van der Waals surface area contributed by atoms with Crippen LogP contribution in [0.15, 0.2) is 18.2 Å². The molecule has 1 fully saturated rings. The fourth-order valence-corrected chi connectivity index (χ4v) is 3.84. The summed E-state index contributed by atoms with van der Waals surface area (Å²) in [6, 6.07) is 4.09. The van der Waals surface area contributed by atoms with Gasteiger partial charge in [-0.1, -0.05) is 25.3 Å². The number of nitro benzene ring substituents is 1. The van der Waals surface area contributed by atoms with E-state index in [1.54, 1.807) is 6.07 Å². The Hall–Kier alpha value is -1.14. The molecule has 1 aliphatic carbocycles. The van der Waals surface area contributed by atoms with E-state index in [0.29, 0.717) is 6.54 Å². The first-order valence-electron chi connectivity index (χ1n) is 7.25. The maximum atomic E-state index is 13.6. The Labute approximate surface area is 128 Å². The Kier molecular flexibility index (Phi) is 5.58. The molecule has 2 rings (SSSR count). The normalized spacial score (nSPS) is 17.6. The number of nitrogens with one attached hydrogen (secondary N) is 1. The Morgan fingerprint density at radius 2 is 2.10 bits per heavy atom. The van der Waals surface area contributed by atoms with Crippen LogP contribution in [-0.4, -0.2) is 22.5 Å². The molecule has 1 saturated carbocycles. The third kappa shape index (κ3) is 4.17.